The minimum absolute atomic E-state index is 0.0448. The van der Waals surface area contributed by atoms with E-state index in [9.17, 15) is 14.4 Å². The van der Waals surface area contributed by atoms with Crippen LogP contribution in [0, 0.1) is 17.1 Å². The van der Waals surface area contributed by atoms with Gasteiger partial charge in [0.1, 0.15) is 11.1 Å². The number of anilines is 1. The minimum Gasteiger partial charge on any atom is -0.481 e. The van der Waals surface area contributed by atoms with Gasteiger partial charge in [-0.3, -0.25) is 4.79 Å². The molecule has 0 radical (unpaired) electrons. The molecule has 1 aromatic carbocycles. The first-order chi connectivity index (χ1) is 15.0. The number of benzene rings is 1. The number of nitrogens with one attached hydrogen (secondary N) is 1. The van der Waals surface area contributed by atoms with Gasteiger partial charge in [0.15, 0.2) is 18.2 Å². The number of ether oxygens (including phenoxy) is 1. The van der Waals surface area contributed by atoms with Crippen molar-refractivity contribution in [2.24, 2.45) is 0 Å². The van der Waals surface area contributed by atoms with Crippen LogP contribution in [-0.2, 0) is 24.4 Å². The maximum Gasteiger partial charge on any atom is 0.277 e. The highest BCUT2D eigenvalue weighted by Gasteiger charge is 2.24. The van der Waals surface area contributed by atoms with Crippen LogP contribution in [0.5, 0.6) is 5.75 Å². The average molecular weight is 460 g/mol. The molecule has 1 amide bonds. The van der Waals surface area contributed by atoms with E-state index in [1.165, 1.54) is 23.5 Å². The Hall–Kier alpha value is -2.94. The van der Waals surface area contributed by atoms with E-state index in [0.29, 0.717) is 10.6 Å². The van der Waals surface area contributed by atoms with Crippen molar-refractivity contribution in [3.63, 3.8) is 0 Å². The van der Waals surface area contributed by atoms with Crippen LogP contribution >= 0.6 is 23.1 Å². The summed E-state index contributed by atoms with van der Waals surface area (Å²) in [5, 5.41) is 20.8. The maximum absolute atomic E-state index is 13.6. The van der Waals surface area contributed by atoms with Crippen LogP contribution in [0.1, 0.15) is 21.9 Å². The number of thioether (sulfide) groups is 1. The van der Waals surface area contributed by atoms with Crippen LogP contribution in [0.2, 0.25) is 0 Å². The van der Waals surface area contributed by atoms with Gasteiger partial charge in [-0.25, -0.2) is 4.39 Å². The smallest absolute Gasteiger partial charge is 0.277 e. The van der Waals surface area contributed by atoms with Crippen molar-refractivity contribution in [3.05, 3.63) is 52.0 Å². The van der Waals surface area contributed by atoms with Gasteiger partial charge < -0.3 is 19.4 Å². The fraction of sp³-hybridized carbons (Fsp3) is 0.300. The molecular formula is C20H18FN5O3S2. The summed E-state index contributed by atoms with van der Waals surface area (Å²) in [5.41, 5.74) is 1.58. The first kappa shape index (κ1) is 21.3. The summed E-state index contributed by atoms with van der Waals surface area (Å²) in [6.07, 6.45) is 0.801. The predicted molar refractivity (Wildman–Crippen MR) is 113 cm³/mol. The number of thiophene rings is 1. The number of carbonyl (C=O) groups is 1. The lowest BCUT2D eigenvalue weighted by Crippen LogP contribution is -2.25. The quantitative estimate of drug-likeness (QED) is 0.536. The normalized spacial score (nSPS) is 13.5. The molecule has 4 rings (SSSR count). The number of para-hydroxylation sites is 1. The highest BCUT2D eigenvalue weighted by molar-refractivity contribution is 7.99. The Morgan fingerprint density at radius 1 is 1.45 bits per heavy atom. The molecule has 1 aliphatic rings. The largest absolute Gasteiger partial charge is 0.481 e. The topological polar surface area (TPSA) is 104 Å². The molecule has 2 aromatic heterocycles. The van der Waals surface area contributed by atoms with Gasteiger partial charge in [0.05, 0.1) is 11.3 Å². The standard InChI is InChI=1S/C20H18FN5O3S2/c1-26-7-6-12-13(8-22)19(31-16(12)9-26)23-17(27)11-30-20-25-24-18(29-20)10-28-15-5-3-2-4-14(15)21/h2-5H,6-7,9-11H2,1H3,(H,23,27). The fourth-order valence-corrected chi connectivity index (χ4v) is 4.96. The molecule has 1 N–H and O–H groups in total. The zero-order valence-corrected chi connectivity index (χ0v) is 18.2. The number of nitrogens with zero attached hydrogens (tertiary/aromatic N) is 4. The molecular weight excluding hydrogens is 441 g/mol. The molecule has 160 valence electrons. The number of fused-ring (bicyclic) bond motifs is 1. The van der Waals surface area contributed by atoms with Gasteiger partial charge in [0.25, 0.3) is 11.1 Å². The molecule has 8 nitrogen and oxygen atoms in total. The van der Waals surface area contributed by atoms with Gasteiger partial charge in [-0.15, -0.1) is 21.5 Å². The lowest BCUT2D eigenvalue weighted by molar-refractivity contribution is -0.113. The van der Waals surface area contributed by atoms with E-state index in [1.807, 2.05) is 7.05 Å². The number of hydrogen-bond donors (Lipinski definition) is 1. The molecule has 11 heteroatoms. The average Bonchev–Trinajstić information content (AvgIpc) is 3.35. The third-order valence-electron chi connectivity index (χ3n) is 4.58. The highest BCUT2D eigenvalue weighted by Crippen LogP contribution is 2.36. The molecule has 3 aromatic rings. The van der Waals surface area contributed by atoms with Crippen molar-refractivity contribution in [2.45, 2.75) is 24.8 Å². The van der Waals surface area contributed by atoms with Crippen LogP contribution in [0.25, 0.3) is 0 Å². The molecule has 31 heavy (non-hydrogen) atoms. The number of hydrogen-bond acceptors (Lipinski definition) is 9. The van der Waals surface area contributed by atoms with E-state index in [-0.39, 0.29) is 35.1 Å². The van der Waals surface area contributed by atoms with E-state index < -0.39 is 5.82 Å². The zero-order valence-electron chi connectivity index (χ0n) is 16.6. The highest BCUT2D eigenvalue weighted by atomic mass is 32.2. The van der Waals surface area contributed by atoms with Crippen molar-refractivity contribution in [2.75, 3.05) is 24.7 Å². The van der Waals surface area contributed by atoms with Gasteiger partial charge in [-0.05, 0) is 31.2 Å². The molecule has 0 fully saturated rings. The van der Waals surface area contributed by atoms with Crippen molar-refractivity contribution in [3.8, 4) is 11.8 Å². The Morgan fingerprint density at radius 3 is 3.10 bits per heavy atom. The van der Waals surface area contributed by atoms with Crippen LogP contribution in [-0.4, -0.2) is 40.3 Å². The van der Waals surface area contributed by atoms with E-state index in [2.05, 4.69) is 26.5 Å². The molecule has 0 saturated heterocycles. The summed E-state index contributed by atoms with van der Waals surface area (Å²) in [6, 6.07) is 8.24. The second kappa shape index (κ2) is 9.47. The van der Waals surface area contributed by atoms with Crippen molar-refractivity contribution >= 4 is 34.0 Å². The summed E-state index contributed by atoms with van der Waals surface area (Å²) in [7, 11) is 2.03. The van der Waals surface area contributed by atoms with E-state index >= 15 is 0 Å². The Labute approximate surface area is 186 Å². The van der Waals surface area contributed by atoms with Gasteiger partial charge >= 0.3 is 0 Å². The Kier molecular flexibility index (Phi) is 6.50. The first-order valence-corrected chi connectivity index (χ1v) is 11.2. The Balaban J connectivity index is 1.31. The lowest BCUT2D eigenvalue weighted by atomic mass is 10.0. The predicted octanol–water partition coefficient (Wildman–Crippen LogP) is 3.44. The lowest BCUT2D eigenvalue weighted by Gasteiger charge is -2.21. The molecule has 0 atom stereocenters. The number of halogens is 1. The Morgan fingerprint density at radius 2 is 2.29 bits per heavy atom. The van der Waals surface area contributed by atoms with Crippen LogP contribution in [0.15, 0.2) is 33.9 Å². The number of nitriles is 1. The maximum atomic E-state index is 13.6. The van der Waals surface area contributed by atoms with Gasteiger partial charge in [0.2, 0.25) is 5.91 Å². The second-order valence-electron chi connectivity index (χ2n) is 6.83. The number of carbonyl (C=O) groups excluding carboxylic acids is 1. The van der Waals surface area contributed by atoms with E-state index in [0.717, 1.165) is 41.7 Å². The summed E-state index contributed by atoms with van der Waals surface area (Å²) in [4.78, 5) is 15.7. The zero-order chi connectivity index (χ0) is 21.8. The van der Waals surface area contributed by atoms with Crippen LogP contribution in [0.4, 0.5) is 9.39 Å². The number of rotatable bonds is 7. The Bertz CT molecular complexity index is 1140. The van der Waals surface area contributed by atoms with Gasteiger partial charge in [-0.2, -0.15) is 5.26 Å². The van der Waals surface area contributed by atoms with E-state index in [1.54, 1.807) is 12.1 Å². The summed E-state index contributed by atoms with van der Waals surface area (Å²) in [6.45, 7) is 1.59. The summed E-state index contributed by atoms with van der Waals surface area (Å²) < 4.78 is 24.3. The number of likely N-dealkylation sites (N-methyl/N-ethyl adjacent to an activating group) is 1. The molecule has 0 saturated carbocycles. The minimum atomic E-state index is -0.480. The summed E-state index contributed by atoms with van der Waals surface area (Å²) in [5.74, 6) is -0.438. The van der Waals surface area contributed by atoms with Gasteiger partial charge in [-0.1, -0.05) is 23.9 Å². The molecule has 0 spiro atoms. The monoisotopic (exact) mass is 459 g/mol. The number of aromatic nitrogens is 2. The first-order valence-electron chi connectivity index (χ1n) is 9.39. The molecule has 0 unspecified atom stereocenters. The molecule has 1 aliphatic heterocycles. The third-order valence-corrected chi connectivity index (χ3v) is 6.53. The van der Waals surface area contributed by atoms with E-state index in [4.69, 9.17) is 9.15 Å². The van der Waals surface area contributed by atoms with Gasteiger partial charge in [0, 0.05) is 18.0 Å². The van der Waals surface area contributed by atoms with Crippen molar-refractivity contribution < 1.29 is 18.3 Å². The molecule has 3 heterocycles. The molecule has 0 aliphatic carbocycles. The van der Waals surface area contributed by atoms with Crippen molar-refractivity contribution in [1.29, 1.82) is 5.26 Å². The van der Waals surface area contributed by atoms with Crippen molar-refractivity contribution in [1.82, 2.24) is 15.1 Å². The third kappa shape index (κ3) is 5.04. The second-order valence-corrected chi connectivity index (χ2v) is 8.86. The number of amides is 1. The van der Waals surface area contributed by atoms with Crippen LogP contribution in [0.3, 0.4) is 0 Å². The summed E-state index contributed by atoms with van der Waals surface area (Å²) >= 11 is 2.52. The molecule has 0 bridgehead atoms. The SMILES string of the molecule is CN1CCc2c(sc(NC(=O)CSc3nnc(COc4ccccc4F)o3)c2C#N)C1. The fourth-order valence-electron chi connectivity index (χ4n) is 3.08. The van der Waals surface area contributed by atoms with Crippen LogP contribution < -0.4 is 10.1 Å².